The lowest BCUT2D eigenvalue weighted by Crippen LogP contribution is -3.09. The first-order chi connectivity index (χ1) is 13.2. The van der Waals surface area contributed by atoms with Gasteiger partial charge in [-0.15, -0.1) is 11.3 Å². The van der Waals surface area contributed by atoms with Crippen LogP contribution >= 0.6 is 11.3 Å². The molecule has 1 saturated heterocycles. The molecule has 0 bridgehead atoms. The van der Waals surface area contributed by atoms with E-state index in [4.69, 9.17) is 0 Å². The van der Waals surface area contributed by atoms with Crippen LogP contribution < -0.4 is 10.2 Å². The monoisotopic (exact) mass is 378 g/mol. The number of benzene rings is 2. The van der Waals surface area contributed by atoms with Crippen LogP contribution in [0.25, 0.3) is 10.6 Å². The Balaban J connectivity index is 1.38. The SMILES string of the molecule is Cc1nc(-c2ccccc2)sc1C(=O)N[C@H]1CC[NH+](Cc2ccccc2)C1. The van der Waals surface area contributed by atoms with Gasteiger partial charge in [-0.1, -0.05) is 60.7 Å². The number of aryl methyl sites for hydroxylation is 1. The zero-order valence-corrected chi connectivity index (χ0v) is 16.3. The van der Waals surface area contributed by atoms with Gasteiger partial charge in [0.15, 0.2) is 0 Å². The molecule has 4 rings (SSSR count). The number of nitrogens with zero attached hydrogens (tertiary/aromatic N) is 1. The average Bonchev–Trinajstić information content (AvgIpc) is 3.29. The van der Waals surface area contributed by atoms with Crippen LogP contribution in [0.5, 0.6) is 0 Å². The van der Waals surface area contributed by atoms with Gasteiger partial charge in [-0.3, -0.25) is 4.79 Å². The van der Waals surface area contributed by atoms with E-state index in [1.165, 1.54) is 21.8 Å². The zero-order chi connectivity index (χ0) is 18.6. The predicted octanol–water partition coefficient (Wildman–Crippen LogP) is 2.71. The zero-order valence-electron chi connectivity index (χ0n) is 15.4. The van der Waals surface area contributed by atoms with E-state index in [-0.39, 0.29) is 11.9 Å². The summed E-state index contributed by atoms with van der Waals surface area (Å²) >= 11 is 1.48. The number of hydrogen-bond acceptors (Lipinski definition) is 3. The molecular formula is C22H24N3OS+. The van der Waals surface area contributed by atoms with Gasteiger partial charge in [-0.05, 0) is 6.92 Å². The Labute approximate surface area is 163 Å². The molecule has 2 N–H and O–H groups in total. The molecule has 1 unspecified atom stereocenters. The van der Waals surface area contributed by atoms with E-state index < -0.39 is 0 Å². The Hall–Kier alpha value is -2.50. The van der Waals surface area contributed by atoms with E-state index in [0.29, 0.717) is 0 Å². The molecule has 0 aliphatic carbocycles. The number of thiazole rings is 1. The molecule has 1 fully saturated rings. The average molecular weight is 379 g/mol. The second-order valence-electron chi connectivity index (χ2n) is 7.13. The molecule has 3 aromatic rings. The molecular weight excluding hydrogens is 354 g/mol. The molecule has 0 spiro atoms. The summed E-state index contributed by atoms with van der Waals surface area (Å²) in [4.78, 5) is 19.6. The number of likely N-dealkylation sites (tertiary alicyclic amines) is 1. The van der Waals surface area contributed by atoms with Crippen molar-refractivity contribution in [3.05, 3.63) is 76.8 Å². The topological polar surface area (TPSA) is 46.4 Å². The highest BCUT2D eigenvalue weighted by Gasteiger charge is 2.28. The van der Waals surface area contributed by atoms with Gasteiger partial charge < -0.3 is 10.2 Å². The number of carbonyl (C=O) groups is 1. The van der Waals surface area contributed by atoms with Crippen molar-refractivity contribution in [2.45, 2.75) is 25.9 Å². The summed E-state index contributed by atoms with van der Waals surface area (Å²) in [6.45, 7) is 5.01. The Kier molecular flexibility index (Phi) is 5.32. The molecule has 2 heterocycles. The summed E-state index contributed by atoms with van der Waals surface area (Å²) in [5.41, 5.74) is 3.22. The van der Waals surface area contributed by atoms with Crippen molar-refractivity contribution in [1.82, 2.24) is 10.3 Å². The van der Waals surface area contributed by atoms with Crippen LogP contribution in [0.2, 0.25) is 0 Å². The van der Waals surface area contributed by atoms with Crippen molar-refractivity contribution < 1.29 is 9.69 Å². The number of amides is 1. The molecule has 2 aromatic carbocycles. The summed E-state index contributed by atoms with van der Waals surface area (Å²) in [6.07, 6.45) is 1.03. The first-order valence-corrected chi connectivity index (χ1v) is 10.2. The minimum absolute atomic E-state index is 0.0122. The highest BCUT2D eigenvalue weighted by molar-refractivity contribution is 7.17. The first kappa shape index (κ1) is 17.9. The van der Waals surface area contributed by atoms with Crippen LogP contribution in [-0.4, -0.2) is 30.0 Å². The van der Waals surface area contributed by atoms with Crippen LogP contribution in [-0.2, 0) is 6.54 Å². The summed E-state index contributed by atoms with van der Waals surface area (Å²) in [5, 5.41) is 4.13. The van der Waals surface area contributed by atoms with Crippen molar-refractivity contribution >= 4 is 17.2 Å². The van der Waals surface area contributed by atoms with Gasteiger partial charge in [0.2, 0.25) is 0 Å². The molecule has 2 atom stereocenters. The third kappa shape index (κ3) is 4.26. The Bertz CT molecular complexity index is 908. The van der Waals surface area contributed by atoms with Crippen molar-refractivity contribution in [1.29, 1.82) is 0 Å². The van der Waals surface area contributed by atoms with Gasteiger partial charge in [0.1, 0.15) is 16.4 Å². The molecule has 1 aliphatic heterocycles. The van der Waals surface area contributed by atoms with E-state index in [9.17, 15) is 4.79 Å². The fourth-order valence-corrected chi connectivity index (χ4v) is 4.64. The smallest absolute Gasteiger partial charge is 0.263 e. The first-order valence-electron chi connectivity index (χ1n) is 9.40. The minimum Gasteiger partial charge on any atom is -0.343 e. The summed E-state index contributed by atoms with van der Waals surface area (Å²) < 4.78 is 0. The van der Waals surface area contributed by atoms with Crippen LogP contribution in [0.1, 0.15) is 27.3 Å². The quantitative estimate of drug-likeness (QED) is 0.717. The Morgan fingerprint density at radius 1 is 1.15 bits per heavy atom. The Morgan fingerprint density at radius 2 is 1.85 bits per heavy atom. The second kappa shape index (κ2) is 8.03. The molecule has 1 amide bonds. The third-order valence-electron chi connectivity index (χ3n) is 5.04. The highest BCUT2D eigenvalue weighted by atomic mass is 32.1. The second-order valence-corrected chi connectivity index (χ2v) is 8.12. The van der Waals surface area contributed by atoms with Crippen molar-refractivity contribution in [2.75, 3.05) is 13.1 Å². The fraction of sp³-hybridized carbons (Fsp3) is 0.273. The molecule has 1 aromatic heterocycles. The molecule has 27 heavy (non-hydrogen) atoms. The molecule has 0 saturated carbocycles. The largest absolute Gasteiger partial charge is 0.343 e. The number of carbonyl (C=O) groups excluding carboxylic acids is 1. The Morgan fingerprint density at radius 3 is 2.59 bits per heavy atom. The van der Waals surface area contributed by atoms with Gasteiger partial charge in [-0.2, -0.15) is 0 Å². The standard InChI is InChI=1S/C22H23N3OS/c1-16-20(27-22(23-16)18-10-6-3-7-11-18)21(26)24-19-12-13-25(15-19)14-17-8-4-2-5-9-17/h2-11,19H,12-15H2,1H3,(H,24,26)/p+1/t19-/m0/s1. The lowest BCUT2D eigenvalue weighted by Gasteiger charge is -2.14. The molecule has 0 radical (unpaired) electrons. The van der Waals surface area contributed by atoms with Crippen molar-refractivity contribution in [3.63, 3.8) is 0 Å². The van der Waals surface area contributed by atoms with Crippen LogP contribution in [0.3, 0.4) is 0 Å². The van der Waals surface area contributed by atoms with E-state index in [0.717, 1.165) is 47.2 Å². The maximum Gasteiger partial charge on any atom is 0.263 e. The van der Waals surface area contributed by atoms with Gasteiger partial charge >= 0.3 is 0 Å². The number of hydrogen-bond donors (Lipinski definition) is 2. The van der Waals surface area contributed by atoms with Crippen LogP contribution in [0.15, 0.2) is 60.7 Å². The van der Waals surface area contributed by atoms with Gasteiger partial charge in [-0.25, -0.2) is 4.98 Å². The van der Waals surface area contributed by atoms with E-state index in [1.807, 2.05) is 43.3 Å². The summed E-state index contributed by atoms with van der Waals surface area (Å²) in [5.74, 6) is 0.0122. The van der Waals surface area contributed by atoms with Gasteiger partial charge in [0.25, 0.3) is 5.91 Å². The molecule has 4 nitrogen and oxygen atoms in total. The number of nitrogens with one attached hydrogen (secondary N) is 2. The maximum absolute atomic E-state index is 12.8. The fourth-order valence-electron chi connectivity index (χ4n) is 3.66. The van der Waals surface area contributed by atoms with Crippen LogP contribution in [0.4, 0.5) is 0 Å². The van der Waals surface area contributed by atoms with Crippen molar-refractivity contribution in [2.24, 2.45) is 0 Å². The van der Waals surface area contributed by atoms with E-state index >= 15 is 0 Å². The van der Waals surface area contributed by atoms with E-state index in [2.05, 4.69) is 34.6 Å². The molecule has 138 valence electrons. The maximum atomic E-state index is 12.8. The summed E-state index contributed by atoms with van der Waals surface area (Å²) in [6, 6.07) is 20.8. The number of rotatable bonds is 5. The third-order valence-corrected chi connectivity index (χ3v) is 6.24. The van der Waals surface area contributed by atoms with Crippen molar-refractivity contribution in [3.8, 4) is 10.6 Å². The van der Waals surface area contributed by atoms with E-state index in [1.54, 1.807) is 0 Å². The highest BCUT2D eigenvalue weighted by Crippen LogP contribution is 2.27. The van der Waals surface area contributed by atoms with Crippen LogP contribution in [0, 0.1) is 6.92 Å². The molecule has 5 heteroatoms. The summed E-state index contributed by atoms with van der Waals surface area (Å²) in [7, 11) is 0. The van der Waals surface area contributed by atoms with Gasteiger partial charge in [0, 0.05) is 17.5 Å². The number of quaternary nitrogens is 1. The predicted molar refractivity (Wildman–Crippen MR) is 109 cm³/mol. The lowest BCUT2D eigenvalue weighted by molar-refractivity contribution is -0.901. The number of aromatic nitrogens is 1. The van der Waals surface area contributed by atoms with Gasteiger partial charge in [0.05, 0.1) is 24.8 Å². The normalized spacial score (nSPS) is 19.1. The molecule has 1 aliphatic rings. The lowest BCUT2D eigenvalue weighted by atomic mass is 10.2. The minimum atomic E-state index is 0.0122.